The van der Waals surface area contributed by atoms with Crippen LogP contribution in [0.25, 0.3) is 5.53 Å². The van der Waals surface area contributed by atoms with E-state index in [0.29, 0.717) is 6.04 Å². The Hall–Kier alpha value is -0.660. The first kappa shape index (κ1) is 7.72. The minimum Gasteiger partial charge on any atom is -0.506 e. The van der Waals surface area contributed by atoms with Crippen molar-refractivity contribution in [2.24, 2.45) is 5.92 Å². The summed E-state index contributed by atoms with van der Waals surface area (Å²) >= 11 is 0. The zero-order valence-corrected chi connectivity index (χ0v) is 7.95. The van der Waals surface area contributed by atoms with Gasteiger partial charge in [-0.2, -0.15) is 0 Å². The first-order chi connectivity index (χ1) is 6.33. The normalized spacial score (nSPS) is 47.8. The Kier molecular flexibility index (Phi) is 1.44. The van der Waals surface area contributed by atoms with Crippen molar-refractivity contribution in [2.75, 3.05) is 0 Å². The van der Waals surface area contributed by atoms with Gasteiger partial charge in [0.2, 0.25) is 0 Å². The van der Waals surface area contributed by atoms with Crippen LogP contribution in [-0.2, 0) is 0 Å². The standard InChI is InChI=1S/C11H16N2/c12-13-10-5-3-7-11(13)6-2-1-4-9(11)8-10/h3,7,9-10H,1-2,4-6,8H2. The molecular formula is C11H16N2. The lowest BCUT2D eigenvalue weighted by Gasteiger charge is -2.36. The van der Waals surface area contributed by atoms with E-state index in [9.17, 15) is 5.53 Å². The summed E-state index contributed by atoms with van der Waals surface area (Å²) in [7, 11) is 0. The van der Waals surface area contributed by atoms with Crippen molar-refractivity contribution in [3.8, 4) is 0 Å². The van der Waals surface area contributed by atoms with Crippen molar-refractivity contribution in [2.45, 2.75) is 50.1 Å². The van der Waals surface area contributed by atoms with Crippen LogP contribution in [0.5, 0.6) is 0 Å². The van der Waals surface area contributed by atoms with Crippen LogP contribution in [0, 0.1) is 5.92 Å². The van der Waals surface area contributed by atoms with Crippen LogP contribution in [0.2, 0.25) is 0 Å². The Morgan fingerprint density at radius 3 is 3.23 bits per heavy atom. The van der Waals surface area contributed by atoms with Crippen molar-refractivity contribution in [3.05, 3.63) is 17.7 Å². The predicted octanol–water partition coefficient (Wildman–Crippen LogP) is 2.68. The molecule has 0 amide bonds. The van der Waals surface area contributed by atoms with Gasteiger partial charge in [-0.3, -0.25) is 0 Å². The van der Waals surface area contributed by atoms with Crippen LogP contribution in [0.4, 0.5) is 0 Å². The van der Waals surface area contributed by atoms with Gasteiger partial charge in [0.1, 0.15) is 6.04 Å². The summed E-state index contributed by atoms with van der Waals surface area (Å²) in [6.45, 7) is 0. The van der Waals surface area contributed by atoms with Gasteiger partial charge in [-0.15, -0.1) is 0 Å². The minimum atomic E-state index is 0.0567. The summed E-state index contributed by atoms with van der Waals surface area (Å²) in [5.41, 5.74) is 10.1. The zero-order valence-electron chi connectivity index (χ0n) is 7.95. The Morgan fingerprint density at radius 1 is 1.38 bits per heavy atom. The molecule has 1 saturated heterocycles. The Labute approximate surface area is 79.1 Å². The molecule has 0 aromatic rings. The molecule has 1 saturated carbocycles. The Bertz CT molecular complexity index is 282. The van der Waals surface area contributed by atoms with E-state index < -0.39 is 0 Å². The largest absolute Gasteiger partial charge is 0.506 e. The highest BCUT2D eigenvalue weighted by atomic mass is 15.3. The summed E-state index contributed by atoms with van der Waals surface area (Å²) in [4.78, 5) is 0. The van der Waals surface area contributed by atoms with Gasteiger partial charge in [-0.05, 0) is 18.9 Å². The van der Waals surface area contributed by atoms with Crippen LogP contribution >= 0.6 is 0 Å². The van der Waals surface area contributed by atoms with E-state index in [-0.39, 0.29) is 5.54 Å². The highest BCUT2D eigenvalue weighted by Crippen LogP contribution is 2.49. The maximum absolute atomic E-state index is 10.1. The van der Waals surface area contributed by atoms with E-state index in [1.165, 1.54) is 32.1 Å². The number of hydrogen-bond donors (Lipinski definition) is 0. The molecule has 0 aromatic carbocycles. The average molecular weight is 176 g/mol. The molecule has 0 radical (unpaired) electrons. The molecule has 1 aliphatic carbocycles. The van der Waals surface area contributed by atoms with Crippen molar-refractivity contribution >= 4 is 0 Å². The predicted molar refractivity (Wildman–Crippen MR) is 50.5 cm³/mol. The van der Waals surface area contributed by atoms with Crippen molar-refractivity contribution in [1.82, 2.24) is 0 Å². The van der Waals surface area contributed by atoms with E-state index in [0.717, 1.165) is 12.3 Å². The van der Waals surface area contributed by atoms with E-state index in [2.05, 4.69) is 12.2 Å². The van der Waals surface area contributed by atoms with Crippen LogP contribution in [-0.4, -0.2) is 16.3 Å². The molecule has 1 spiro atoms. The lowest BCUT2D eigenvalue weighted by atomic mass is 9.74. The van der Waals surface area contributed by atoms with E-state index in [1.807, 2.05) is 0 Å². The molecule has 70 valence electrons. The highest BCUT2D eigenvalue weighted by Gasteiger charge is 2.55. The lowest BCUT2D eigenvalue weighted by Crippen LogP contribution is -2.44. The van der Waals surface area contributed by atoms with Gasteiger partial charge in [-0.25, -0.2) is 0 Å². The topological polar surface area (TPSA) is 25.3 Å². The number of hydrogen-bond acceptors (Lipinski definition) is 0. The molecule has 3 aliphatic rings. The molecule has 0 N–H and O–H groups in total. The van der Waals surface area contributed by atoms with Gasteiger partial charge in [0.25, 0.3) is 0 Å². The molecular weight excluding hydrogens is 160 g/mol. The van der Waals surface area contributed by atoms with E-state index in [4.69, 9.17) is 0 Å². The average Bonchev–Trinajstić information content (AvgIpc) is 2.35. The number of fused-ring (bicyclic) bond motifs is 1. The van der Waals surface area contributed by atoms with Crippen LogP contribution in [0.15, 0.2) is 12.2 Å². The summed E-state index contributed by atoms with van der Waals surface area (Å²) in [6, 6.07) is 0.424. The van der Waals surface area contributed by atoms with Crippen LogP contribution in [0.1, 0.15) is 38.5 Å². The van der Waals surface area contributed by atoms with Gasteiger partial charge >= 0.3 is 0 Å². The summed E-state index contributed by atoms with van der Waals surface area (Å²) in [6.07, 6.45) is 12.0. The molecule has 3 unspecified atom stereocenters. The lowest BCUT2D eigenvalue weighted by molar-refractivity contribution is -0.633. The SMILES string of the molecule is [N-]=[N+]1C2CC=CC13CCCCC3C2. The summed E-state index contributed by atoms with van der Waals surface area (Å²) < 4.78 is 1.68. The van der Waals surface area contributed by atoms with E-state index >= 15 is 0 Å². The molecule has 3 rings (SSSR count). The van der Waals surface area contributed by atoms with Gasteiger partial charge in [0.05, 0.1) is 0 Å². The molecule has 2 heteroatoms. The molecule has 13 heavy (non-hydrogen) atoms. The monoisotopic (exact) mass is 176 g/mol. The third-order valence-corrected chi connectivity index (χ3v) is 4.23. The van der Waals surface area contributed by atoms with Crippen LogP contribution in [0.3, 0.4) is 0 Å². The molecule has 2 aliphatic heterocycles. The van der Waals surface area contributed by atoms with Gasteiger partial charge < -0.3 is 10.2 Å². The summed E-state index contributed by atoms with van der Waals surface area (Å²) in [5, 5.41) is 0. The van der Waals surface area contributed by atoms with E-state index in [1.54, 1.807) is 4.70 Å². The fourth-order valence-corrected chi connectivity index (χ4v) is 3.57. The molecule has 2 bridgehead atoms. The second-order valence-electron chi connectivity index (χ2n) is 4.81. The molecule has 2 heterocycles. The second-order valence-corrected chi connectivity index (χ2v) is 4.81. The summed E-state index contributed by atoms with van der Waals surface area (Å²) in [5.74, 6) is 0.731. The van der Waals surface area contributed by atoms with Gasteiger partial charge in [0.15, 0.2) is 5.54 Å². The minimum absolute atomic E-state index is 0.0567. The van der Waals surface area contributed by atoms with Crippen LogP contribution < -0.4 is 0 Å². The van der Waals surface area contributed by atoms with Crippen molar-refractivity contribution < 1.29 is 4.70 Å². The maximum Gasteiger partial charge on any atom is 0.172 e. The number of rotatable bonds is 0. The first-order valence-electron chi connectivity index (χ1n) is 5.49. The smallest absolute Gasteiger partial charge is 0.172 e. The van der Waals surface area contributed by atoms with Crippen molar-refractivity contribution in [1.29, 1.82) is 0 Å². The third-order valence-electron chi connectivity index (χ3n) is 4.23. The highest BCUT2D eigenvalue weighted by molar-refractivity contribution is 5.14. The second kappa shape index (κ2) is 2.43. The molecule has 0 aromatic heterocycles. The fraction of sp³-hybridized carbons (Fsp3) is 0.818. The fourth-order valence-electron chi connectivity index (χ4n) is 3.57. The van der Waals surface area contributed by atoms with Crippen molar-refractivity contribution in [3.63, 3.8) is 0 Å². The first-order valence-corrected chi connectivity index (χ1v) is 5.49. The molecule has 3 atom stereocenters. The van der Waals surface area contributed by atoms with Gasteiger partial charge in [0, 0.05) is 25.2 Å². The zero-order chi connectivity index (χ0) is 8.89. The molecule has 2 nitrogen and oxygen atoms in total. The Balaban J connectivity index is 2.06. The Morgan fingerprint density at radius 2 is 2.31 bits per heavy atom. The number of nitrogens with zero attached hydrogens (tertiary/aromatic N) is 2. The van der Waals surface area contributed by atoms with Gasteiger partial charge in [-0.1, -0.05) is 12.5 Å². The molecule has 2 fully saturated rings. The third kappa shape index (κ3) is 0.839. The maximum atomic E-state index is 10.1. The quantitative estimate of drug-likeness (QED) is 0.400.